The minimum Gasteiger partial charge on any atom is -0.699 e. The third kappa shape index (κ3) is 6.27. The molecule has 1 radical (unpaired) electrons. The number of alkyl halides is 3. The number of benzene rings is 1. The van der Waals surface area contributed by atoms with Crippen molar-refractivity contribution in [1.29, 1.82) is 10.8 Å². The largest absolute Gasteiger partial charge is 0.699 e. The maximum absolute atomic E-state index is 12.7. The topological polar surface area (TPSA) is 120 Å². The summed E-state index contributed by atoms with van der Waals surface area (Å²) >= 11 is 5.49. The van der Waals surface area contributed by atoms with Crippen LogP contribution in [0.4, 0.5) is 18.9 Å². The number of aromatic nitrogens is 3. The third-order valence-electron chi connectivity index (χ3n) is 5.27. The summed E-state index contributed by atoms with van der Waals surface area (Å²) in [6.45, 7) is 3.00. The van der Waals surface area contributed by atoms with Gasteiger partial charge in [0.15, 0.2) is 5.15 Å². The summed E-state index contributed by atoms with van der Waals surface area (Å²) in [5.41, 5.74) is 6.08. The zero-order valence-electron chi connectivity index (χ0n) is 17.3. The SMILES string of the molecule is CC1CC2CC(CN(C=N)C=N)(C1)[N-]2.[NH-]c1ccc(C(F)(F)F)c(-n2ncc(Cl)n2)c1.[Y]. The van der Waals surface area contributed by atoms with Crippen LogP contribution in [0.1, 0.15) is 31.7 Å². The van der Waals surface area contributed by atoms with Crippen molar-refractivity contribution in [3.63, 3.8) is 0 Å². The summed E-state index contributed by atoms with van der Waals surface area (Å²) in [5, 5.41) is 26.1. The molecule has 3 fully saturated rings. The van der Waals surface area contributed by atoms with E-state index in [-0.39, 0.29) is 54.8 Å². The fraction of sp³-hybridized carbons (Fsp3) is 0.474. The summed E-state index contributed by atoms with van der Waals surface area (Å²) in [7, 11) is 0. The monoisotopic (exact) mass is 543 g/mol. The van der Waals surface area contributed by atoms with Gasteiger partial charge in [-0.2, -0.15) is 18.3 Å². The Morgan fingerprint density at radius 1 is 1.34 bits per heavy atom. The first kappa shape index (κ1) is 26.7. The zero-order valence-corrected chi connectivity index (χ0v) is 20.9. The minimum absolute atomic E-state index is 0. The van der Waals surface area contributed by atoms with E-state index in [1.165, 1.54) is 19.1 Å². The van der Waals surface area contributed by atoms with E-state index in [4.69, 9.17) is 33.5 Å². The molecule has 2 bridgehead atoms. The number of nitrogens with zero attached hydrogens (tertiary/aromatic N) is 5. The molecule has 171 valence electrons. The standard InChI is InChI=1S/C10H17N4.C9H5ClF3N4.Y/c1-8-2-9-4-10(3-8,13-9)5-14(6-11)7-12;10-8-4-15-17(16-8)7-3-5(14)1-2-6(7)9(11,12)13;/h6-9,11-12H,2-5H2,1H3;1-4,14H;/q2*-1;. The molecule has 2 aliphatic heterocycles. The van der Waals surface area contributed by atoms with Crippen molar-refractivity contribution in [2.45, 2.75) is 43.9 Å². The normalized spacial score (nSPS) is 23.7. The number of piperidine rings is 1. The first-order valence-corrected chi connectivity index (χ1v) is 9.93. The maximum atomic E-state index is 12.7. The average molecular weight is 544 g/mol. The van der Waals surface area contributed by atoms with Crippen LogP contribution in [0.3, 0.4) is 0 Å². The number of halogens is 4. The van der Waals surface area contributed by atoms with Crippen molar-refractivity contribution >= 4 is 30.0 Å². The summed E-state index contributed by atoms with van der Waals surface area (Å²) in [4.78, 5) is 2.36. The fourth-order valence-corrected chi connectivity index (χ4v) is 4.33. The average Bonchev–Trinajstić information content (AvgIpc) is 3.11. The first-order valence-electron chi connectivity index (χ1n) is 9.55. The van der Waals surface area contributed by atoms with Crippen LogP contribution in [0.15, 0.2) is 24.4 Å². The van der Waals surface area contributed by atoms with Crippen LogP contribution in [0.25, 0.3) is 16.7 Å². The number of fused-ring (bicyclic) bond motifs is 2. The Morgan fingerprint density at radius 3 is 2.50 bits per heavy atom. The van der Waals surface area contributed by atoms with Crippen LogP contribution < -0.4 is 0 Å². The molecule has 1 aliphatic carbocycles. The minimum atomic E-state index is -4.54. The Kier molecular flexibility index (Phi) is 8.83. The number of hydrogen-bond acceptors (Lipinski definition) is 4. The van der Waals surface area contributed by atoms with Crippen LogP contribution in [0, 0.1) is 16.7 Å². The van der Waals surface area contributed by atoms with Crippen molar-refractivity contribution in [2.75, 3.05) is 6.54 Å². The van der Waals surface area contributed by atoms with Gasteiger partial charge in [-0.25, -0.2) is 0 Å². The van der Waals surface area contributed by atoms with Crippen molar-refractivity contribution < 1.29 is 45.9 Å². The smallest absolute Gasteiger partial charge is 0.418 e. The number of rotatable bonds is 5. The first-order chi connectivity index (χ1) is 14.5. The molecule has 3 atom stereocenters. The molecule has 3 unspecified atom stereocenters. The van der Waals surface area contributed by atoms with Gasteiger partial charge < -0.3 is 16.0 Å². The molecule has 2 saturated heterocycles. The Balaban J connectivity index is 0.000000224. The van der Waals surface area contributed by atoms with Gasteiger partial charge >= 0.3 is 6.18 Å². The van der Waals surface area contributed by atoms with Gasteiger partial charge in [-0.3, -0.25) is 10.8 Å². The van der Waals surface area contributed by atoms with Crippen molar-refractivity contribution in [1.82, 2.24) is 19.9 Å². The van der Waals surface area contributed by atoms with E-state index in [0.29, 0.717) is 6.04 Å². The molecule has 13 heteroatoms. The molecule has 8 nitrogen and oxygen atoms in total. The maximum Gasteiger partial charge on any atom is 0.418 e. The van der Waals surface area contributed by atoms with Crippen LogP contribution in [-0.4, -0.2) is 50.7 Å². The van der Waals surface area contributed by atoms with Crippen LogP contribution in [0.5, 0.6) is 0 Å². The molecule has 3 heterocycles. The zero-order chi connectivity index (χ0) is 22.8. The summed E-state index contributed by atoms with van der Waals surface area (Å²) in [6.07, 6.45) is 2.53. The molecule has 0 spiro atoms. The summed E-state index contributed by atoms with van der Waals surface area (Å²) in [5.74, 6) is 0.754. The van der Waals surface area contributed by atoms with Gasteiger partial charge in [0, 0.05) is 39.3 Å². The van der Waals surface area contributed by atoms with Gasteiger partial charge in [-0.15, -0.1) is 27.2 Å². The van der Waals surface area contributed by atoms with E-state index in [1.807, 2.05) is 0 Å². The molecule has 32 heavy (non-hydrogen) atoms. The van der Waals surface area contributed by atoms with E-state index in [9.17, 15) is 13.2 Å². The Morgan fingerprint density at radius 2 is 2.00 bits per heavy atom. The fourth-order valence-electron chi connectivity index (χ4n) is 4.22. The molecule has 1 saturated carbocycles. The van der Waals surface area contributed by atoms with Gasteiger partial charge in [0.25, 0.3) is 0 Å². The van der Waals surface area contributed by atoms with Gasteiger partial charge in [0.1, 0.15) is 0 Å². The number of nitrogens with one attached hydrogen (secondary N) is 3. The number of hydrogen-bond donors (Lipinski definition) is 2. The van der Waals surface area contributed by atoms with Crippen LogP contribution in [-0.2, 0) is 38.9 Å². The molecule has 3 N–H and O–H groups in total. The van der Waals surface area contributed by atoms with E-state index < -0.39 is 11.7 Å². The molecular formula is C19H22ClF3N8Y-2. The second-order valence-corrected chi connectivity index (χ2v) is 8.26. The Labute approximate surface area is 213 Å². The van der Waals surface area contributed by atoms with E-state index >= 15 is 0 Å². The van der Waals surface area contributed by atoms with Gasteiger partial charge in [-0.1, -0.05) is 43.9 Å². The third-order valence-corrected chi connectivity index (χ3v) is 5.44. The predicted molar refractivity (Wildman–Crippen MR) is 113 cm³/mol. The molecule has 3 aliphatic rings. The van der Waals surface area contributed by atoms with E-state index in [2.05, 4.69) is 17.1 Å². The van der Waals surface area contributed by atoms with E-state index in [0.717, 1.165) is 54.5 Å². The van der Waals surface area contributed by atoms with Gasteiger partial charge in [0.2, 0.25) is 0 Å². The molecular weight excluding hydrogens is 522 g/mol. The second kappa shape index (κ2) is 10.6. The quantitative estimate of drug-likeness (QED) is 0.386. The van der Waals surface area contributed by atoms with Gasteiger partial charge in [0.05, 0.1) is 30.1 Å². The molecule has 0 amide bonds. The van der Waals surface area contributed by atoms with E-state index in [1.54, 1.807) is 4.90 Å². The van der Waals surface area contributed by atoms with Crippen LogP contribution >= 0.6 is 11.6 Å². The van der Waals surface area contributed by atoms with Crippen molar-refractivity contribution in [3.05, 3.63) is 46.2 Å². The van der Waals surface area contributed by atoms with Gasteiger partial charge in [-0.05, 0) is 18.1 Å². The molecule has 1 aromatic carbocycles. The molecule has 2 aromatic rings. The Bertz CT molecular complexity index is 937. The summed E-state index contributed by atoms with van der Waals surface area (Å²) < 4.78 is 38.1. The molecule has 1 aromatic heterocycles. The Hall–Kier alpha value is -1.56. The second-order valence-electron chi connectivity index (χ2n) is 7.87. The van der Waals surface area contributed by atoms with Crippen molar-refractivity contribution in [2.24, 2.45) is 5.92 Å². The van der Waals surface area contributed by atoms with Crippen LogP contribution in [0.2, 0.25) is 5.15 Å². The molecule has 5 rings (SSSR count). The predicted octanol–water partition coefficient (Wildman–Crippen LogP) is 5.44. The summed E-state index contributed by atoms with van der Waals surface area (Å²) in [6, 6.07) is 3.46. The van der Waals surface area contributed by atoms with Crippen molar-refractivity contribution in [3.8, 4) is 5.69 Å².